The summed E-state index contributed by atoms with van der Waals surface area (Å²) in [7, 11) is 0. The number of nitrogens with one attached hydrogen (secondary N) is 1. The Morgan fingerprint density at radius 2 is 2.25 bits per heavy atom. The van der Waals surface area contributed by atoms with Gasteiger partial charge in [-0.25, -0.2) is 0 Å². The summed E-state index contributed by atoms with van der Waals surface area (Å²) >= 11 is 7.32. The molecule has 0 aliphatic rings. The summed E-state index contributed by atoms with van der Waals surface area (Å²) in [6, 6.07) is 2.02. The van der Waals surface area contributed by atoms with Gasteiger partial charge < -0.3 is 5.32 Å². The third-order valence-corrected chi connectivity index (χ3v) is 3.73. The first-order valence-corrected chi connectivity index (χ1v) is 6.87. The molecule has 90 valence electrons. The first-order valence-electron chi connectivity index (χ1n) is 5.45. The van der Waals surface area contributed by atoms with E-state index < -0.39 is 0 Å². The molecular weight excluding hydrogens is 242 g/mol. The van der Waals surface area contributed by atoms with Crippen molar-refractivity contribution in [3.05, 3.63) is 21.9 Å². The second kappa shape index (κ2) is 6.26. The summed E-state index contributed by atoms with van der Waals surface area (Å²) in [6.07, 6.45) is 0.916. The maximum absolute atomic E-state index is 11.9. The highest BCUT2D eigenvalue weighted by Crippen LogP contribution is 2.16. The molecule has 0 bridgehead atoms. The number of carbonyl (C=O) groups is 1. The zero-order valence-electron chi connectivity index (χ0n) is 9.92. The van der Waals surface area contributed by atoms with Gasteiger partial charge in [-0.1, -0.05) is 13.8 Å². The summed E-state index contributed by atoms with van der Waals surface area (Å²) < 4.78 is 0. The van der Waals surface area contributed by atoms with E-state index in [0.29, 0.717) is 11.8 Å². The number of carbonyl (C=O) groups excluding carboxylic acids is 1. The second-order valence-electron chi connectivity index (χ2n) is 4.39. The fraction of sp³-hybridized carbons (Fsp3) is 0.583. The SMILES string of the molecule is Cc1ccsc1C(=O)NC(CCl)CC(C)C. The normalized spacial score (nSPS) is 12.8. The topological polar surface area (TPSA) is 29.1 Å². The van der Waals surface area contributed by atoms with Crippen molar-refractivity contribution in [2.75, 3.05) is 5.88 Å². The summed E-state index contributed by atoms with van der Waals surface area (Å²) in [6.45, 7) is 6.20. The average Bonchev–Trinajstić information content (AvgIpc) is 2.62. The number of rotatable bonds is 5. The van der Waals surface area contributed by atoms with Gasteiger partial charge in [0.2, 0.25) is 0 Å². The standard InChI is InChI=1S/C12H18ClNOS/c1-8(2)6-10(7-13)14-12(15)11-9(3)4-5-16-11/h4-5,8,10H,6-7H2,1-3H3,(H,14,15). The Kier molecular flexibility index (Phi) is 5.29. The molecule has 1 N–H and O–H groups in total. The highest BCUT2D eigenvalue weighted by atomic mass is 35.5. The lowest BCUT2D eigenvalue weighted by atomic mass is 10.1. The molecule has 0 saturated carbocycles. The number of aryl methyl sites for hydroxylation is 1. The molecule has 1 aromatic heterocycles. The van der Waals surface area contributed by atoms with Crippen LogP contribution < -0.4 is 5.32 Å². The summed E-state index contributed by atoms with van der Waals surface area (Å²) in [4.78, 5) is 12.7. The van der Waals surface area contributed by atoms with Crippen molar-refractivity contribution in [2.45, 2.75) is 33.2 Å². The fourth-order valence-corrected chi connectivity index (χ4v) is 2.62. The van der Waals surface area contributed by atoms with Crippen LogP contribution in [0.25, 0.3) is 0 Å². The zero-order chi connectivity index (χ0) is 12.1. The van der Waals surface area contributed by atoms with Crippen LogP contribution in [-0.2, 0) is 0 Å². The lowest BCUT2D eigenvalue weighted by molar-refractivity contribution is 0.0940. The van der Waals surface area contributed by atoms with E-state index in [4.69, 9.17) is 11.6 Å². The van der Waals surface area contributed by atoms with E-state index in [-0.39, 0.29) is 11.9 Å². The minimum Gasteiger partial charge on any atom is -0.347 e. The van der Waals surface area contributed by atoms with E-state index >= 15 is 0 Å². The van der Waals surface area contributed by atoms with Crippen LogP contribution in [0, 0.1) is 12.8 Å². The van der Waals surface area contributed by atoms with Gasteiger partial charge >= 0.3 is 0 Å². The monoisotopic (exact) mass is 259 g/mol. The summed E-state index contributed by atoms with van der Waals surface area (Å²) in [5.41, 5.74) is 1.03. The number of hydrogen-bond donors (Lipinski definition) is 1. The highest BCUT2D eigenvalue weighted by molar-refractivity contribution is 7.12. The molecule has 2 nitrogen and oxygen atoms in total. The van der Waals surface area contributed by atoms with Crippen molar-refractivity contribution >= 4 is 28.8 Å². The predicted molar refractivity (Wildman–Crippen MR) is 70.5 cm³/mol. The molecule has 0 aliphatic carbocycles. The Labute approximate surface area is 106 Å². The van der Waals surface area contributed by atoms with Crippen LogP contribution in [-0.4, -0.2) is 17.8 Å². The van der Waals surface area contributed by atoms with Gasteiger partial charge in [-0.05, 0) is 36.3 Å². The molecule has 0 aliphatic heterocycles. The second-order valence-corrected chi connectivity index (χ2v) is 5.61. The van der Waals surface area contributed by atoms with Gasteiger partial charge in [-0.15, -0.1) is 22.9 Å². The van der Waals surface area contributed by atoms with Gasteiger partial charge in [0.1, 0.15) is 0 Å². The van der Waals surface area contributed by atoms with E-state index in [2.05, 4.69) is 19.2 Å². The Morgan fingerprint density at radius 3 is 2.69 bits per heavy atom. The summed E-state index contributed by atoms with van der Waals surface area (Å²) in [5.74, 6) is 1.00. The third-order valence-electron chi connectivity index (χ3n) is 2.35. The van der Waals surface area contributed by atoms with Gasteiger partial charge in [0.15, 0.2) is 0 Å². The van der Waals surface area contributed by atoms with Crippen molar-refractivity contribution in [3.8, 4) is 0 Å². The lowest BCUT2D eigenvalue weighted by Crippen LogP contribution is -2.37. The molecular formula is C12H18ClNOS. The molecule has 1 heterocycles. The number of thiophene rings is 1. The maximum Gasteiger partial charge on any atom is 0.261 e. The van der Waals surface area contributed by atoms with Crippen molar-refractivity contribution in [1.29, 1.82) is 0 Å². The van der Waals surface area contributed by atoms with Gasteiger partial charge in [-0.3, -0.25) is 4.79 Å². The molecule has 1 amide bonds. The molecule has 0 aromatic carbocycles. The van der Waals surface area contributed by atoms with E-state index in [1.54, 1.807) is 0 Å². The van der Waals surface area contributed by atoms with Gasteiger partial charge in [-0.2, -0.15) is 0 Å². The number of amides is 1. The molecule has 1 unspecified atom stereocenters. The van der Waals surface area contributed by atoms with Crippen LogP contribution >= 0.6 is 22.9 Å². The summed E-state index contributed by atoms with van der Waals surface area (Å²) in [5, 5.41) is 4.91. The molecule has 0 radical (unpaired) electrons. The molecule has 1 aromatic rings. The van der Waals surface area contributed by atoms with Crippen LogP contribution in [0.15, 0.2) is 11.4 Å². The lowest BCUT2D eigenvalue weighted by Gasteiger charge is -2.17. The van der Waals surface area contributed by atoms with Crippen molar-refractivity contribution in [3.63, 3.8) is 0 Å². The number of halogens is 1. The van der Waals surface area contributed by atoms with Crippen LogP contribution in [0.4, 0.5) is 0 Å². The first-order chi connectivity index (χ1) is 7.54. The quantitative estimate of drug-likeness (QED) is 0.807. The largest absolute Gasteiger partial charge is 0.347 e. The van der Waals surface area contributed by atoms with Crippen LogP contribution in [0.1, 0.15) is 35.5 Å². The Bertz CT molecular complexity index is 349. The third kappa shape index (κ3) is 3.80. The Hall–Kier alpha value is -0.540. The smallest absolute Gasteiger partial charge is 0.261 e. The van der Waals surface area contributed by atoms with Crippen LogP contribution in [0.2, 0.25) is 0 Å². The molecule has 1 rings (SSSR count). The average molecular weight is 260 g/mol. The predicted octanol–water partition coefficient (Wildman–Crippen LogP) is 3.44. The minimum atomic E-state index is -0.00111. The number of hydrogen-bond acceptors (Lipinski definition) is 2. The number of alkyl halides is 1. The maximum atomic E-state index is 11.9. The van der Waals surface area contributed by atoms with Crippen LogP contribution in [0.5, 0.6) is 0 Å². The van der Waals surface area contributed by atoms with Crippen molar-refractivity contribution in [1.82, 2.24) is 5.32 Å². The van der Waals surface area contributed by atoms with Gasteiger partial charge in [0.25, 0.3) is 5.91 Å². The Morgan fingerprint density at radius 1 is 1.56 bits per heavy atom. The van der Waals surface area contributed by atoms with E-state index in [0.717, 1.165) is 16.9 Å². The molecule has 1 atom stereocenters. The first kappa shape index (κ1) is 13.5. The van der Waals surface area contributed by atoms with Crippen molar-refractivity contribution in [2.24, 2.45) is 5.92 Å². The molecule has 0 fully saturated rings. The molecule has 0 spiro atoms. The highest BCUT2D eigenvalue weighted by Gasteiger charge is 2.16. The van der Waals surface area contributed by atoms with Gasteiger partial charge in [0, 0.05) is 11.9 Å². The van der Waals surface area contributed by atoms with Crippen LogP contribution in [0.3, 0.4) is 0 Å². The van der Waals surface area contributed by atoms with E-state index in [1.807, 2.05) is 18.4 Å². The fourth-order valence-electron chi connectivity index (χ4n) is 1.59. The Balaban J connectivity index is 2.59. The van der Waals surface area contributed by atoms with E-state index in [1.165, 1.54) is 11.3 Å². The van der Waals surface area contributed by atoms with Crippen molar-refractivity contribution < 1.29 is 4.79 Å². The zero-order valence-corrected chi connectivity index (χ0v) is 11.5. The minimum absolute atomic E-state index is 0.00111. The molecule has 0 saturated heterocycles. The van der Waals surface area contributed by atoms with Gasteiger partial charge in [0.05, 0.1) is 4.88 Å². The molecule has 16 heavy (non-hydrogen) atoms. The van der Waals surface area contributed by atoms with E-state index in [9.17, 15) is 4.79 Å². The molecule has 4 heteroatoms.